The van der Waals surface area contributed by atoms with Crippen molar-refractivity contribution in [3.05, 3.63) is 70.3 Å². The highest BCUT2D eigenvalue weighted by atomic mass is 19.1. The minimum Gasteiger partial charge on any atom is -0.466 e. The van der Waals surface area contributed by atoms with Crippen molar-refractivity contribution in [3.8, 4) is 0 Å². The first-order valence-corrected chi connectivity index (χ1v) is 13.5. The second-order valence-corrected chi connectivity index (χ2v) is 10.1. The monoisotopic (exact) mass is 517 g/mol. The van der Waals surface area contributed by atoms with Crippen LogP contribution < -0.4 is 0 Å². The maximum absolute atomic E-state index is 14.0. The molecule has 0 spiro atoms. The van der Waals surface area contributed by atoms with Crippen molar-refractivity contribution >= 4 is 5.97 Å². The summed E-state index contributed by atoms with van der Waals surface area (Å²) in [6, 6.07) is 10.4. The quantitative estimate of drug-likeness (QED) is 0.258. The van der Waals surface area contributed by atoms with Gasteiger partial charge in [0, 0.05) is 19.0 Å². The number of carbonyl (C=O) groups is 1. The number of ether oxygens (including phenoxy) is 2. The highest BCUT2D eigenvalue weighted by Gasteiger charge is 2.27. The molecule has 1 aliphatic heterocycles. The molecule has 1 N–H and O–H groups in total. The first-order valence-electron chi connectivity index (χ1n) is 13.5. The fourth-order valence-corrected chi connectivity index (χ4v) is 5.06. The van der Waals surface area contributed by atoms with Gasteiger partial charge in [-0.15, -0.1) is 0 Å². The van der Waals surface area contributed by atoms with E-state index in [1.807, 2.05) is 19.1 Å². The van der Waals surface area contributed by atoms with Gasteiger partial charge < -0.3 is 14.6 Å². The first kappa shape index (κ1) is 29.2. The zero-order valence-corrected chi connectivity index (χ0v) is 22.3. The molecule has 1 saturated heterocycles. The third-order valence-electron chi connectivity index (χ3n) is 7.12. The normalized spacial score (nSPS) is 17.6. The molecule has 0 radical (unpaired) electrons. The first-order chi connectivity index (χ1) is 17.8. The van der Waals surface area contributed by atoms with Crippen LogP contribution in [-0.2, 0) is 27.1 Å². The van der Waals surface area contributed by atoms with E-state index in [9.17, 15) is 18.7 Å². The molecule has 1 aliphatic rings. The molecule has 0 saturated carbocycles. The van der Waals surface area contributed by atoms with Crippen LogP contribution in [-0.4, -0.2) is 54.4 Å². The summed E-state index contributed by atoms with van der Waals surface area (Å²) >= 11 is 0. The van der Waals surface area contributed by atoms with Gasteiger partial charge in [-0.3, -0.25) is 9.69 Å². The Bertz CT molecular complexity index is 1020. The van der Waals surface area contributed by atoms with Gasteiger partial charge >= 0.3 is 5.97 Å². The molecule has 3 rings (SSSR count). The number of aliphatic hydroxyl groups is 1. The summed E-state index contributed by atoms with van der Waals surface area (Å²) in [4.78, 5) is 13.8. The maximum atomic E-state index is 14.0. The van der Waals surface area contributed by atoms with Gasteiger partial charge in [-0.1, -0.05) is 18.2 Å². The number of halogens is 2. The van der Waals surface area contributed by atoms with Gasteiger partial charge in [0.25, 0.3) is 0 Å². The Balaban J connectivity index is 1.49. The third-order valence-corrected chi connectivity index (χ3v) is 7.12. The summed E-state index contributed by atoms with van der Waals surface area (Å²) in [6.07, 6.45) is 4.33. The summed E-state index contributed by atoms with van der Waals surface area (Å²) in [5, 5.41) is 10.7. The highest BCUT2D eigenvalue weighted by Crippen LogP contribution is 2.26. The molecule has 1 fully saturated rings. The number of likely N-dealkylation sites (tertiary alicyclic amines) is 1. The molecular formula is C30H41F2NO4. The molecule has 5 nitrogen and oxygen atoms in total. The molecule has 0 aromatic heterocycles. The van der Waals surface area contributed by atoms with Gasteiger partial charge in [0.15, 0.2) is 0 Å². The van der Waals surface area contributed by atoms with Crippen molar-refractivity contribution in [2.75, 3.05) is 26.3 Å². The van der Waals surface area contributed by atoms with Crippen LogP contribution in [0.3, 0.4) is 0 Å². The number of unbranched alkanes of at least 4 members (excludes halogenated alkanes) is 1. The molecule has 1 heterocycles. The summed E-state index contributed by atoms with van der Waals surface area (Å²) in [6.45, 7) is 7.32. The molecule has 37 heavy (non-hydrogen) atoms. The van der Waals surface area contributed by atoms with Crippen LogP contribution in [0.5, 0.6) is 0 Å². The van der Waals surface area contributed by atoms with E-state index < -0.39 is 6.10 Å². The number of rotatable bonds is 14. The third kappa shape index (κ3) is 9.16. The Morgan fingerprint density at radius 1 is 1.19 bits per heavy atom. The van der Waals surface area contributed by atoms with Crippen molar-refractivity contribution in [2.24, 2.45) is 0 Å². The number of carbonyl (C=O) groups excluding carboxylic acids is 1. The zero-order valence-electron chi connectivity index (χ0n) is 22.3. The van der Waals surface area contributed by atoms with Crippen LogP contribution >= 0.6 is 0 Å². The minimum atomic E-state index is -0.681. The molecule has 7 heteroatoms. The van der Waals surface area contributed by atoms with Crippen LogP contribution in [0.2, 0.25) is 0 Å². The minimum absolute atomic E-state index is 0.141. The lowest BCUT2D eigenvalue weighted by atomic mass is 9.98. The second kappa shape index (κ2) is 14.6. The van der Waals surface area contributed by atoms with E-state index in [2.05, 4.69) is 4.90 Å². The Kier molecular flexibility index (Phi) is 11.5. The van der Waals surface area contributed by atoms with Crippen molar-refractivity contribution in [2.45, 2.75) is 84.0 Å². The van der Waals surface area contributed by atoms with Crippen LogP contribution in [0.15, 0.2) is 36.4 Å². The zero-order chi connectivity index (χ0) is 26.8. The molecule has 0 aliphatic carbocycles. The van der Waals surface area contributed by atoms with Crippen molar-refractivity contribution in [3.63, 3.8) is 0 Å². The van der Waals surface area contributed by atoms with E-state index >= 15 is 0 Å². The smallest absolute Gasteiger partial charge is 0.305 e. The lowest BCUT2D eigenvalue weighted by Gasteiger charge is -2.28. The Morgan fingerprint density at radius 3 is 2.76 bits per heavy atom. The predicted molar refractivity (Wildman–Crippen MR) is 140 cm³/mol. The molecular weight excluding hydrogens is 476 g/mol. The fourth-order valence-electron chi connectivity index (χ4n) is 5.06. The summed E-state index contributed by atoms with van der Waals surface area (Å²) in [5.74, 6) is -0.701. The van der Waals surface area contributed by atoms with Gasteiger partial charge in [0.2, 0.25) is 0 Å². The van der Waals surface area contributed by atoms with E-state index in [0.717, 1.165) is 48.9 Å². The molecule has 3 atom stereocenters. The number of esters is 1. The number of nitrogens with zero attached hydrogens (tertiary/aromatic N) is 1. The largest absolute Gasteiger partial charge is 0.466 e. The molecule has 204 valence electrons. The Hall–Kier alpha value is -2.35. The summed E-state index contributed by atoms with van der Waals surface area (Å²) in [5.41, 5.74) is 3.37. The van der Waals surface area contributed by atoms with Crippen LogP contribution in [0.25, 0.3) is 0 Å². The predicted octanol–water partition coefficient (Wildman–Crippen LogP) is 5.69. The SMILES string of the molecule is CCOC(=O)CCCCc1ccc(F)cc1[C@@H](C)OC[C@H](O)CN1CCC[C@H]1Cc1ccc(C)c(F)c1. The van der Waals surface area contributed by atoms with Gasteiger partial charge in [-0.2, -0.15) is 0 Å². The van der Waals surface area contributed by atoms with Crippen molar-refractivity contribution in [1.82, 2.24) is 4.90 Å². The highest BCUT2D eigenvalue weighted by molar-refractivity contribution is 5.69. The Morgan fingerprint density at radius 2 is 2.00 bits per heavy atom. The van der Waals surface area contributed by atoms with Crippen LogP contribution in [0.4, 0.5) is 8.78 Å². The standard InChI is InChI=1S/C30H41F2NO4/c1-4-36-30(35)10-6-5-8-24-13-14-25(31)18-28(24)22(3)37-20-27(34)19-33-15-7-9-26(33)16-23-12-11-21(2)29(32)17-23/h11-14,17-18,22,26-27,34H,4-10,15-16,19-20H2,1-3H3/t22-,26+,27-/m1/s1. The molecule has 0 unspecified atom stereocenters. The lowest BCUT2D eigenvalue weighted by molar-refractivity contribution is -0.143. The van der Waals surface area contributed by atoms with Gasteiger partial charge in [0.05, 0.1) is 25.4 Å². The van der Waals surface area contributed by atoms with E-state index in [0.29, 0.717) is 38.0 Å². The molecule has 0 amide bonds. The topological polar surface area (TPSA) is 59.0 Å². The Labute approximate surface area is 219 Å². The van der Waals surface area contributed by atoms with Crippen LogP contribution in [0, 0.1) is 18.6 Å². The van der Waals surface area contributed by atoms with Gasteiger partial charge in [-0.25, -0.2) is 8.78 Å². The number of benzene rings is 2. The summed E-state index contributed by atoms with van der Waals surface area (Å²) in [7, 11) is 0. The van der Waals surface area contributed by atoms with E-state index in [4.69, 9.17) is 9.47 Å². The van der Waals surface area contributed by atoms with Gasteiger partial charge in [-0.05, 0) is 106 Å². The number of β-amino-alcohol motifs (C(OH)–C–C–N with tert-alkyl or cyclic N) is 1. The van der Waals surface area contributed by atoms with E-state index in [-0.39, 0.29) is 36.4 Å². The summed E-state index contributed by atoms with van der Waals surface area (Å²) < 4.78 is 38.9. The average Bonchev–Trinajstić information content (AvgIpc) is 3.29. The van der Waals surface area contributed by atoms with Crippen molar-refractivity contribution in [1.29, 1.82) is 0 Å². The van der Waals surface area contributed by atoms with Crippen molar-refractivity contribution < 1.29 is 28.2 Å². The van der Waals surface area contributed by atoms with E-state index in [1.165, 1.54) is 12.1 Å². The second-order valence-electron chi connectivity index (χ2n) is 10.1. The number of aliphatic hydroxyl groups excluding tert-OH is 1. The molecule has 0 bridgehead atoms. The number of hydrogen-bond acceptors (Lipinski definition) is 5. The number of hydrogen-bond donors (Lipinski definition) is 1. The fraction of sp³-hybridized carbons (Fsp3) is 0.567. The lowest BCUT2D eigenvalue weighted by Crippen LogP contribution is -2.39. The molecule has 2 aromatic carbocycles. The molecule has 2 aromatic rings. The number of aryl methyl sites for hydroxylation is 2. The van der Waals surface area contributed by atoms with Gasteiger partial charge in [0.1, 0.15) is 11.6 Å². The maximum Gasteiger partial charge on any atom is 0.305 e. The van der Waals surface area contributed by atoms with E-state index in [1.54, 1.807) is 26.0 Å². The van der Waals surface area contributed by atoms with Crippen LogP contribution in [0.1, 0.15) is 74.3 Å². The average molecular weight is 518 g/mol.